The molecule has 0 radical (unpaired) electrons. The van der Waals surface area contributed by atoms with Crippen LogP contribution in [0.1, 0.15) is 30.8 Å². The Morgan fingerprint density at radius 3 is 2.64 bits per heavy atom. The third kappa shape index (κ3) is 3.91. The number of pyridine rings is 1. The zero-order valence-electron chi connectivity index (χ0n) is 12.8. The Bertz CT molecular complexity index is 661. The van der Waals surface area contributed by atoms with Gasteiger partial charge in [-0.15, -0.1) is 0 Å². The monoisotopic (exact) mass is 301 g/mol. The Morgan fingerprint density at radius 1 is 1.27 bits per heavy atom. The van der Waals surface area contributed by atoms with Crippen molar-refractivity contribution in [3.8, 4) is 5.82 Å². The van der Waals surface area contributed by atoms with Gasteiger partial charge in [0.25, 0.3) is 5.91 Å². The second kappa shape index (κ2) is 6.84. The molecule has 2 N–H and O–H groups in total. The van der Waals surface area contributed by atoms with Crippen LogP contribution < -0.4 is 10.6 Å². The molecule has 22 heavy (non-hydrogen) atoms. The molecule has 0 aliphatic rings. The first-order chi connectivity index (χ1) is 10.5. The summed E-state index contributed by atoms with van der Waals surface area (Å²) in [5.41, 5.74) is 0.958. The molecule has 0 atom stereocenters. The van der Waals surface area contributed by atoms with Crippen molar-refractivity contribution in [2.45, 2.75) is 20.3 Å². The zero-order valence-corrected chi connectivity index (χ0v) is 12.8. The molecule has 0 aliphatic heterocycles. The van der Waals surface area contributed by atoms with Gasteiger partial charge in [-0.3, -0.25) is 14.2 Å². The molecule has 2 heterocycles. The van der Waals surface area contributed by atoms with Gasteiger partial charge in [0, 0.05) is 19.7 Å². The van der Waals surface area contributed by atoms with Gasteiger partial charge in [-0.05, 0) is 18.1 Å². The number of hydrogen-bond donors (Lipinski definition) is 2. The van der Waals surface area contributed by atoms with Gasteiger partial charge < -0.3 is 10.6 Å². The highest BCUT2D eigenvalue weighted by Gasteiger charge is 2.09. The average Bonchev–Trinajstić information content (AvgIpc) is 2.96. The topological polar surface area (TPSA) is 88.9 Å². The van der Waals surface area contributed by atoms with E-state index in [4.69, 9.17) is 0 Å². The Balaban J connectivity index is 2.07. The molecule has 2 amide bonds. The predicted molar refractivity (Wildman–Crippen MR) is 82.8 cm³/mol. The standard InChI is InChI=1S/C15H19N5O2/c1-10(2)6-14(21)19-11-4-5-13(17-7-11)20-8-12(18-9-20)15(22)16-3/h4-5,7-10H,6H2,1-3H3,(H,16,22)(H,19,21). The lowest BCUT2D eigenvalue weighted by molar-refractivity contribution is -0.116. The molecule has 2 aromatic rings. The lowest BCUT2D eigenvalue weighted by Crippen LogP contribution is -2.18. The number of rotatable bonds is 5. The van der Waals surface area contributed by atoms with E-state index in [-0.39, 0.29) is 11.8 Å². The molecule has 2 aromatic heterocycles. The van der Waals surface area contributed by atoms with Crippen LogP contribution in [0.25, 0.3) is 5.82 Å². The Kier molecular flexibility index (Phi) is 4.88. The first kappa shape index (κ1) is 15.7. The number of carbonyl (C=O) groups is 2. The van der Waals surface area contributed by atoms with Gasteiger partial charge in [0.05, 0.1) is 11.9 Å². The van der Waals surface area contributed by atoms with Gasteiger partial charge in [0.2, 0.25) is 5.91 Å². The molecule has 0 bridgehead atoms. The summed E-state index contributed by atoms with van der Waals surface area (Å²) in [5.74, 6) is 0.635. The van der Waals surface area contributed by atoms with Gasteiger partial charge in [-0.1, -0.05) is 13.8 Å². The highest BCUT2D eigenvalue weighted by molar-refractivity contribution is 5.92. The molecular weight excluding hydrogens is 282 g/mol. The highest BCUT2D eigenvalue weighted by Crippen LogP contribution is 2.12. The minimum absolute atomic E-state index is 0.0333. The number of hydrogen-bond acceptors (Lipinski definition) is 4. The SMILES string of the molecule is CNC(=O)c1cn(-c2ccc(NC(=O)CC(C)C)cn2)cn1. The van der Waals surface area contributed by atoms with Gasteiger partial charge in [0.1, 0.15) is 17.8 Å². The van der Waals surface area contributed by atoms with E-state index in [0.29, 0.717) is 29.5 Å². The molecular formula is C15H19N5O2. The van der Waals surface area contributed by atoms with Crippen LogP contribution in [0, 0.1) is 5.92 Å². The maximum Gasteiger partial charge on any atom is 0.271 e. The summed E-state index contributed by atoms with van der Waals surface area (Å²) in [6, 6.07) is 3.51. The molecule has 116 valence electrons. The van der Waals surface area contributed by atoms with Crippen molar-refractivity contribution in [3.63, 3.8) is 0 Å². The normalized spacial score (nSPS) is 10.5. The van der Waals surface area contributed by atoms with E-state index in [1.54, 1.807) is 36.1 Å². The van der Waals surface area contributed by atoms with Gasteiger partial charge in [-0.25, -0.2) is 9.97 Å². The maximum absolute atomic E-state index is 11.7. The molecule has 0 saturated heterocycles. The number of amides is 2. The van der Waals surface area contributed by atoms with Crippen LogP contribution in [0.4, 0.5) is 5.69 Å². The number of imidazole rings is 1. The summed E-state index contributed by atoms with van der Waals surface area (Å²) < 4.78 is 1.64. The summed E-state index contributed by atoms with van der Waals surface area (Å²) in [4.78, 5) is 31.4. The number of nitrogens with one attached hydrogen (secondary N) is 2. The first-order valence-corrected chi connectivity index (χ1v) is 7.02. The minimum Gasteiger partial charge on any atom is -0.354 e. The quantitative estimate of drug-likeness (QED) is 0.878. The van der Waals surface area contributed by atoms with Crippen molar-refractivity contribution in [2.75, 3.05) is 12.4 Å². The van der Waals surface area contributed by atoms with Crippen LogP contribution in [-0.4, -0.2) is 33.4 Å². The van der Waals surface area contributed by atoms with E-state index < -0.39 is 0 Å². The van der Waals surface area contributed by atoms with Crippen molar-refractivity contribution >= 4 is 17.5 Å². The van der Waals surface area contributed by atoms with Gasteiger partial charge >= 0.3 is 0 Å². The zero-order chi connectivity index (χ0) is 16.1. The molecule has 0 aliphatic carbocycles. The summed E-state index contributed by atoms with van der Waals surface area (Å²) in [7, 11) is 1.55. The first-order valence-electron chi connectivity index (χ1n) is 7.02. The largest absolute Gasteiger partial charge is 0.354 e. The van der Waals surface area contributed by atoms with E-state index in [0.717, 1.165) is 0 Å². The number of aromatic nitrogens is 3. The number of nitrogens with zero attached hydrogens (tertiary/aromatic N) is 3. The number of carbonyl (C=O) groups excluding carboxylic acids is 2. The molecule has 0 saturated carbocycles. The van der Waals surface area contributed by atoms with Crippen molar-refractivity contribution in [1.82, 2.24) is 19.9 Å². The average molecular weight is 301 g/mol. The Labute approximate surface area is 128 Å². The van der Waals surface area contributed by atoms with E-state index in [2.05, 4.69) is 20.6 Å². The molecule has 0 spiro atoms. The van der Waals surface area contributed by atoms with E-state index in [1.807, 2.05) is 13.8 Å². The maximum atomic E-state index is 11.7. The molecule has 2 rings (SSSR count). The third-order valence-corrected chi connectivity index (χ3v) is 2.93. The molecule has 0 unspecified atom stereocenters. The van der Waals surface area contributed by atoms with Crippen molar-refractivity contribution in [3.05, 3.63) is 36.5 Å². The van der Waals surface area contributed by atoms with Crippen LogP contribution in [0.15, 0.2) is 30.9 Å². The summed E-state index contributed by atoms with van der Waals surface area (Å²) in [6.45, 7) is 3.98. The smallest absolute Gasteiger partial charge is 0.271 e. The van der Waals surface area contributed by atoms with E-state index in [9.17, 15) is 9.59 Å². The van der Waals surface area contributed by atoms with Crippen LogP contribution in [0.5, 0.6) is 0 Å². The second-order valence-corrected chi connectivity index (χ2v) is 5.30. The minimum atomic E-state index is -0.253. The fourth-order valence-corrected chi connectivity index (χ4v) is 1.89. The summed E-state index contributed by atoms with van der Waals surface area (Å²) in [5, 5.41) is 5.30. The summed E-state index contributed by atoms with van der Waals surface area (Å²) >= 11 is 0. The molecule has 0 fully saturated rings. The molecule has 0 aromatic carbocycles. The molecule has 7 heteroatoms. The molecule has 7 nitrogen and oxygen atoms in total. The van der Waals surface area contributed by atoms with Crippen molar-refractivity contribution in [2.24, 2.45) is 5.92 Å². The van der Waals surface area contributed by atoms with Crippen LogP contribution in [-0.2, 0) is 4.79 Å². The Hall–Kier alpha value is -2.70. The van der Waals surface area contributed by atoms with Crippen LogP contribution >= 0.6 is 0 Å². The van der Waals surface area contributed by atoms with Crippen molar-refractivity contribution < 1.29 is 9.59 Å². The number of anilines is 1. The van der Waals surface area contributed by atoms with Crippen molar-refractivity contribution in [1.29, 1.82) is 0 Å². The summed E-state index contributed by atoms with van der Waals surface area (Å²) in [6.07, 6.45) is 5.16. The second-order valence-electron chi connectivity index (χ2n) is 5.30. The van der Waals surface area contributed by atoms with E-state index in [1.165, 1.54) is 6.33 Å². The van der Waals surface area contributed by atoms with Gasteiger partial charge in [-0.2, -0.15) is 0 Å². The van der Waals surface area contributed by atoms with Crippen LogP contribution in [0.2, 0.25) is 0 Å². The third-order valence-electron chi connectivity index (χ3n) is 2.93. The predicted octanol–water partition coefficient (Wildman–Crippen LogP) is 1.61. The lowest BCUT2D eigenvalue weighted by atomic mass is 10.1. The fraction of sp³-hybridized carbons (Fsp3) is 0.333. The van der Waals surface area contributed by atoms with Crippen LogP contribution in [0.3, 0.4) is 0 Å². The fourth-order valence-electron chi connectivity index (χ4n) is 1.89. The Morgan fingerprint density at radius 2 is 2.05 bits per heavy atom. The lowest BCUT2D eigenvalue weighted by Gasteiger charge is -2.07. The van der Waals surface area contributed by atoms with E-state index >= 15 is 0 Å². The highest BCUT2D eigenvalue weighted by atomic mass is 16.2. The van der Waals surface area contributed by atoms with Gasteiger partial charge in [0.15, 0.2) is 0 Å².